The van der Waals surface area contributed by atoms with Crippen molar-refractivity contribution < 1.29 is 4.79 Å². The molecule has 0 saturated heterocycles. The molecule has 5 nitrogen and oxygen atoms in total. The van der Waals surface area contributed by atoms with Crippen LogP contribution in [0.2, 0.25) is 0 Å². The third kappa shape index (κ3) is 4.33. The highest BCUT2D eigenvalue weighted by Crippen LogP contribution is 2.11. The van der Waals surface area contributed by atoms with E-state index in [-0.39, 0.29) is 5.91 Å². The van der Waals surface area contributed by atoms with Gasteiger partial charge in [-0.2, -0.15) is 5.10 Å². The van der Waals surface area contributed by atoms with Crippen LogP contribution in [-0.2, 0) is 11.8 Å². The summed E-state index contributed by atoms with van der Waals surface area (Å²) in [5.41, 5.74) is 0. The lowest BCUT2D eigenvalue weighted by Crippen LogP contribution is -2.28. The molecule has 1 heterocycles. The lowest BCUT2D eigenvalue weighted by Gasteiger charge is -2.06. The van der Waals surface area contributed by atoms with Gasteiger partial charge in [0.15, 0.2) is 5.16 Å². The number of hydrogen-bond donors (Lipinski definition) is 1. The second-order valence-electron chi connectivity index (χ2n) is 3.65. The summed E-state index contributed by atoms with van der Waals surface area (Å²) >= 11 is 1.39. The average molecular weight is 228 g/mol. The Balaban J connectivity index is 2.26. The highest BCUT2D eigenvalue weighted by atomic mass is 32.2. The topological polar surface area (TPSA) is 59.8 Å². The summed E-state index contributed by atoms with van der Waals surface area (Å²) < 4.78 is 1.65. The molecule has 84 valence electrons. The lowest BCUT2D eigenvalue weighted by molar-refractivity contribution is -0.118. The zero-order valence-corrected chi connectivity index (χ0v) is 10.0. The fraction of sp³-hybridized carbons (Fsp3) is 0.667. The average Bonchev–Trinajstić information content (AvgIpc) is 2.58. The van der Waals surface area contributed by atoms with E-state index in [1.54, 1.807) is 11.7 Å². The first-order valence-electron chi connectivity index (χ1n) is 4.83. The second-order valence-corrected chi connectivity index (χ2v) is 4.60. The second kappa shape index (κ2) is 5.75. The van der Waals surface area contributed by atoms with Crippen molar-refractivity contribution in [3.05, 3.63) is 6.33 Å². The number of carbonyl (C=O) groups excluding carboxylic acids is 1. The van der Waals surface area contributed by atoms with Crippen LogP contribution in [0, 0.1) is 5.92 Å². The summed E-state index contributed by atoms with van der Waals surface area (Å²) in [6, 6.07) is 0. The Labute approximate surface area is 93.6 Å². The van der Waals surface area contributed by atoms with E-state index in [2.05, 4.69) is 29.2 Å². The largest absolute Gasteiger partial charge is 0.355 e. The van der Waals surface area contributed by atoms with Gasteiger partial charge in [-0.25, -0.2) is 9.67 Å². The van der Waals surface area contributed by atoms with Gasteiger partial charge in [0.25, 0.3) is 0 Å². The molecule has 0 aliphatic carbocycles. The van der Waals surface area contributed by atoms with Crippen molar-refractivity contribution in [1.82, 2.24) is 20.1 Å². The van der Waals surface area contributed by atoms with Crippen molar-refractivity contribution in [2.75, 3.05) is 12.3 Å². The highest BCUT2D eigenvalue weighted by Gasteiger charge is 2.06. The molecule has 0 saturated carbocycles. The summed E-state index contributed by atoms with van der Waals surface area (Å²) in [5.74, 6) is 0.907. The quantitative estimate of drug-likeness (QED) is 0.753. The first kappa shape index (κ1) is 12.0. The Morgan fingerprint density at radius 2 is 2.40 bits per heavy atom. The van der Waals surface area contributed by atoms with Crippen LogP contribution < -0.4 is 5.32 Å². The predicted octanol–water partition coefficient (Wildman–Crippen LogP) is 0.679. The molecular weight excluding hydrogens is 212 g/mol. The molecule has 15 heavy (non-hydrogen) atoms. The van der Waals surface area contributed by atoms with E-state index in [4.69, 9.17) is 0 Å². The summed E-state index contributed by atoms with van der Waals surface area (Å²) in [4.78, 5) is 15.4. The van der Waals surface area contributed by atoms with E-state index in [1.165, 1.54) is 18.1 Å². The summed E-state index contributed by atoms with van der Waals surface area (Å²) in [6.07, 6.45) is 1.48. The summed E-state index contributed by atoms with van der Waals surface area (Å²) in [7, 11) is 1.81. The van der Waals surface area contributed by atoms with Crippen LogP contribution in [0.15, 0.2) is 11.5 Å². The number of nitrogens with zero attached hydrogens (tertiary/aromatic N) is 3. The summed E-state index contributed by atoms with van der Waals surface area (Å²) in [6.45, 7) is 4.85. The molecule has 0 bridgehead atoms. The SMILES string of the molecule is CC(C)CNC(=O)CSc1ncnn1C. The van der Waals surface area contributed by atoms with Crippen LogP contribution in [0.4, 0.5) is 0 Å². The molecule has 0 atom stereocenters. The number of aromatic nitrogens is 3. The molecule has 1 amide bonds. The molecule has 1 aromatic rings. The molecule has 1 N–H and O–H groups in total. The van der Waals surface area contributed by atoms with E-state index < -0.39 is 0 Å². The first-order valence-corrected chi connectivity index (χ1v) is 5.81. The Morgan fingerprint density at radius 1 is 1.67 bits per heavy atom. The lowest BCUT2D eigenvalue weighted by atomic mass is 10.2. The minimum absolute atomic E-state index is 0.0386. The van der Waals surface area contributed by atoms with E-state index >= 15 is 0 Å². The molecule has 0 unspecified atom stereocenters. The third-order valence-corrected chi connectivity index (χ3v) is 2.74. The summed E-state index contributed by atoms with van der Waals surface area (Å²) in [5, 5.41) is 7.53. The van der Waals surface area contributed by atoms with E-state index in [0.29, 0.717) is 11.7 Å². The Hall–Kier alpha value is -1.04. The fourth-order valence-electron chi connectivity index (χ4n) is 0.915. The zero-order chi connectivity index (χ0) is 11.3. The van der Waals surface area contributed by atoms with Crippen LogP contribution in [0.1, 0.15) is 13.8 Å². The number of hydrogen-bond acceptors (Lipinski definition) is 4. The molecule has 0 aromatic carbocycles. The smallest absolute Gasteiger partial charge is 0.230 e. The molecule has 0 aliphatic heterocycles. The third-order valence-electron chi connectivity index (χ3n) is 1.71. The molecule has 0 aliphatic rings. The van der Waals surface area contributed by atoms with Crippen LogP contribution in [0.25, 0.3) is 0 Å². The molecule has 6 heteroatoms. The van der Waals surface area contributed by atoms with Gasteiger partial charge < -0.3 is 5.32 Å². The van der Waals surface area contributed by atoms with Crippen molar-refractivity contribution in [3.63, 3.8) is 0 Å². The van der Waals surface area contributed by atoms with Gasteiger partial charge in [0.2, 0.25) is 5.91 Å². The van der Waals surface area contributed by atoms with Gasteiger partial charge in [-0.1, -0.05) is 25.6 Å². The van der Waals surface area contributed by atoms with Crippen LogP contribution in [-0.4, -0.2) is 33.0 Å². The maximum atomic E-state index is 11.4. The molecule has 0 radical (unpaired) electrons. The molecule has 0 spiro atoms. The monoisotopic (exact) mass is 228 g/mol. The molecule has 0 fully saturated rings. The Kier molecular flexibility index (Phi) is 4.61. The maximum Gasteiger partial charge on any atom is 0.230 e. The number of carbonyl (C=O) groups is 1. The standard InChI is InChI=1S/C9H16N4OS/c1-7(2)4-10-8(14)5-15-9-11-6-12-13(9)3/h6-7H,4-5H2,1-3H3,(H,10,14). The van der Waals surface area contributed by atoms with Crippen molar-refractivity contribution >= 4 is 17.7 Å². The molecule has 1 rings (SSSR count). The van der Waals surface area contributed by atoms with Crippen molar-refractivity contribution in [1.29, 1.82) is 0 Å². The van der Waals surface area contributed by atoms with Crippen LogP contribution in [0.3, 0.4) is 0 Å². The van der Waals surface area contributed by atoms with Gasteiger partial charge in [-0.3, -0.25) is 4.79 Å². The normalized spacial score (nSPS) is 10.7. The highest BCUT2D eigenvalue weighted by molar-refractivity contribution is 7.99. The Morgan fingerprint density at radius 3 is 2.93 bits per heavy atom. The number of rotatable bonds is 5. The number of aryl methyl sites for hydroxylation is 1. The van der Waals surface area contributed by atoms with Gasteiger partial charge >= 0.3 is 0 Å². The van der Waals surface area contributed by atoms with Crippen molar-refractivity contribution in [2.45, 2.75) is 19.0 Å². The van der Waals surface area contributed by atoms with Gasteiger partial charge in [0.05, 0.1) is 5.75 Å². The predicted molar refractivity (Wildman–Crippen MR) is 59.6 cm³/mol. The number of amides is 1. The van der Waals surface area contributed by atoms with Crippen molar-refractivity contribution in [3.8, 4) is 0 Å². The van der Waals surface area contributed by atoms with Gasteiger partial charge in [-0.05, 0) is 5.92 Å². The van der Waals surface area contributed by atoms with Crippen molar-refractivity contribution in [2.24, 2.45) is 13.0 Å². The van der Waals surface area contributed by atoms with Gasteiger partial charge in [0, 0.05) is 13.6 Å². The fourth-order valence-corrected chi connectivity index (χ4v) is 1.63. The number of nitrogens with one attached hydrogen (secondary N) is 1. The molecular formula is C9H16N4OS. The zero-order valence-electron chi connectivity index (χ0n) is 9.23. The molecule has 1 aromatic heterocycles. The van der Waals surface area contributed by atoms with Gasteiger partial charge in [-0.15, -0.1) is 0 Å². The Bertz CT molecular complexity index is 324. The van der Waals surface area contributed by atoms with Crippen LogP contribution >= 0.6 is 11.8 Å². The van der Waals surface area contributed by atoms with E-state index in [9.17, 15) is 4.79 Å². The minimum Gasteiger partial charge on any atom is -0.355 e. The number of thioether (sulfide) groups is 1. The van der Waals surface area contributed by atoms with E-state index in [0.717, 1.165) is 11.7 Å². The first-order chi connectivity index (χ1) is 7.09. The van der Waals surface area contributed by atoms with Crippen LogP contribution in [0.5, 0.6) is 0 Å². The minimum atomic E-state index is 0.0386. The van der Waals surface area contributed by atoms with E-state index in [1.807, 2.05) is 0 Å². The maximum absolute atomic E-state index is 11.4. The van der Waals surface area contributed by atoms with Gasteiger partial charge in [0.1, 0.15) is 6.33 Å².